The molecule has 2 unspecified atom stereocenters. The minimum absolute atomic E-state index is 0.0382. The highest BCUT2D eigenvalue weighted by atomic mass is 35.5. The number of nitrogens with zero attached hydrogens (tertiary/aromatic N) is 1. The monoisotopic (exact) mass is 428 g/mol. The predicted molar refractivity (Wildman–Crippen MR) is 104 cm³/mol. The number of amides is 3. The molecule has 1 heterocycles. The van der Waals surface area contributed by atoms with Gasteiger partial charge in [-0.3, -0.25) is 14.5 Å². The summed E-state index contributed by atoms with van der Waals surface area (Å²) in [5, 5.41) is 3.64. The molecule has 1 aliphatic heterocycles. The van der Waals surface area contributed by atoms with Crippen LogP contribution in [0.5, 0.6) is 5.75 Å². The lowest BCUT2D eigenvalue weighted by molar-refractivity contribution is -0.149. The van der Waals surface area contributed by atoms with Gasteiger partial charge in [0, 0.05) is 5.02 Å². The van der Waals surface area contributed by atoms with Gasteiger partial charge in [-0.1, -0.05) is 43.0 Å². The van der Waals surface area contributed by atoms with E-state index in [4.69, 9.17) is 32.7 Å². The van der Waals surface area contributed by atoms with E-state index in [0.717, 1.165) is 24.2 Å². The molecule has 1 aliphatic carbocycles. The van der Waals surface area contributed by atoms with E-state index in [2.05, 4.69) is 5.32 Å². The molecule has 3 amide bonds. The smallest absolute Gasteiger partial charge is 0.326 e. The second-order valence-corrected chi connectivity index (χ2v) is 7.93. The van der Waals surface area contributed by atoms with Crippen molar-refractivity contribution in [3.8, 4) is 5.75 Å². The first kappa shape index (κ1) is 20.7. The Kier molecular flexibility index (Phi) is 6.35. The lowest BCUT2D eigenvalue weighted by Crippen LogP contribution is -2.54. The van der Waals surface area contributed by atoms with Gasteiger partial charge in [-0.25, -0.2) is 4.79 Å². The first-order chi connectivity index (χ1) is 13.3. The Morgan fingerprint density at radius 1 is 1.29 bits per heavy atom. The average Bonchev–Trinajstić information content (AvgIpc) is 2.88. The summed E-state index contributed by atoms with van der Waals surface area (Å²) in [5.74, 6) is -0.554. The van der Waals surface area contributed by atoms with Crippen molar-refractivity contribution >= 4 is 41.1 Å². The predicted octanol–water partition coefficient (Wildman–Crippen LogP) is 3.42. The molecule has 2 atom stereocenters. The fourth-order valence-corrected chi connectivity index (χ4v) is 4.18. The Balaban J connectivity index is 1.48. The number of urea groups is 1. The summed E-state index contributed by atoms with van der Waals surface area (Å²) in [6.45, 7) is 1.58. The molecule has 2 aliphatic rings. The largest absolute Gasteiger partial charge is 0.488 e. The molecular formula is C19H22Cl2N2O5. The first-order valence-electron chi connectivity index (χ1n) is 9.21. The van der Waals surface area contributed by atoms with Crippen molar-refractivity contribution in [3.05, 3.63) is 28.2 Å². The summed E-state index contributed by atoms with van der Waals surface area (Å²) in [7, 11) is 0. The van der Waals surface area contributed by atoms with Crippen molar-refractivity contribution in [3.63, 3.8) is 0 Å². The number of hydrogen-bond acceptors (Lipinski definition) is 5. The molecule has 1 saturated carbocycles. The lowest BCUT2D eigenvalue weighted by Gasteiger charge is -2.36. The topological polar surface area (TPSA) is 84.9 Å². The van der Waals surface area contributed by atoms with Gasteiger partial charge in [0.15, 0.2) is 0 Å². The van der Waals surface area contributed by atoms with E-state index in [-0.39, 0.29) is 25.0 Å². The van der Waals surface area contributed by atoms with E-state index in [1.165, 1.54) is 0 Å². The number of halogens is 2. The van der Waals surface area contributed by atoms with Crippen molar-refractivity contribution in [2.45, 2.75) is 38.1 Å². The van der Waals surface area contributed by atoms with Gasteiger partial charge in [0.2, 0.25) is 0 Å². The van der Waals surface area contributed by atoms with Gasteiger partial charge in [-0.15, -0.1) is 0 Å². The average molecular weight is 429 g/mol. The summed E-state index contributed by atoms with van der Waals surface area (Å²) in [4.78, 5) is 38.1. The van der Waals surface area contributed by atoms with Crippen LogP contribution in [0.15, 0.2) is 18.2 Å². The Bertz CT molecular complexity index is 788. The zero-order valence-corrected chi connectivity index (χ0v) is 17.0. The van der Waals surface area contributed by atoms with Gasteiger partial charge >= 0.3 is 12.0 Å². The van der Waals surface area contributed by atoms with Crippen molar-refractivity contribution in [1.82, 2.24) is 10.2 Å². The highest BCUT2D eigenvalue weighted by molar-refractivity contribution is 6.35. The van der Waals surface area contributed by atoms with Gasteiger partial charge in [-0.05, 0) is 37.0 Å². The van der Waals surface area contributed by atoms with Crippen LogP contribution in [0.25, 0.3) is 0 Å². The molecule has 9 heteroatoms. The summed E-state index contributed by atoms with van der Waals surface area (Å²) >= 11 is 11.8. The van der Waals surface area contributed by atoms with E-state index in [1.807, 2.05) is 6.92 Å². The quantitative estimate of drug-likeness (QED) is 0.426. The van der Waals surface area contributed by atoms with Crippen LogP contribution in [0.2, 0.25) is 10.0 Å². The van der Waals surface area contributed by atoms with Crippen molar-refractivity contribution in [2.75, 3.05) is 19.8 Å². The maximum absolute atomic E-state index is 12.8. The molecule has 1 spiro atoms. The van der Waals surface area contributed by atoms with Crippen LogP contribution >= 0.6 is 23.2 Å². The Hall–Kier alpha value is -1.99. The number of hydrogen-bond donors (Lipinski definition) is 1. The number of carbonyl (C=O) groups is 3. The van der Waals surface area contributed by atoms with E-state index in [0.29, 0.717) is 22.2 Å². The van der Waals surface area contributed by atoms with E-state index >= 15 is 0 Å². The zero-order valence-electron chi connectivity index (χ0n) is 15.5. The molecule has 1 aromatic rings. The van der Waals surface area contributed by atoms with Crippen LogP contribution in [-0.4, -0.2) is 48.1 Å². The van der Waals surface area contributed by atoms with Crippen molar-refractivity contribution in [1.29, 1.82) is 0 Å². The van der Waals surface area contributed by atoms with E-state index < -0.39 is 24.1 Å². The summed E-state index contributed by atoms with van der Waals surface area (Å²) < 4.78 is 10.5. The van der Waals surface area contributed by atoms with Crippen LogP contribution in [0.4, 0.5) is 4.79 Å². The summed E-state index contributed by atoms with van der Waals surface area (Å²) in [6, 6.07) is 4.25. The number of nitrogens with one attached hydrogen (secondary N) is 1. The second-order valence-electron chi connectivity index (χ2n) is 7.08. The molecule has 3 rings (SSSR count). The molecule has 1 saturated heterocycles. The van der Waals surface area contributed by atoms with Crippen molar-refractivity contribution < 1.29 is 23.9 Å². The third-order valence-electron chi connectivity index (χ3n) is 5.29. The molecule has 152 valence electrons. The third-order valence-corrected chi connectivity index (χ3v) is 5.82. The number of carbonyl (C=O) groups excluding carboxylic acids is 3. The fourth-order valence-electron chi connectivity index (χ4n) is 3.71. The van der Waals surface area contributed by atoms with Gasteiger partial charge in [0.05, 0.1) is 5.02 Å². The lowest BCUT2D eigenvalue weighted by atomic mass is 9.73. The third kappa shape index (κ3) is 4.20. The standard InChI is InChI=1S/C19H22Cl2N2O5/c1-12-4-2-3-7-19(12)17(25)23(18(26)22-19)11-16(24)28-9-8-27-15-6-5-13(20)10-14(15)21/h5-6,10,12H,2-4,7-9,11H2,1H3,(H,22,26). The van der Waals surface area contributed by atoms with Crippen LogP contribution in [-0.2, 0) is 14.3 Å². The first-order valence-corrected chi connectivity index (χ1v) is 9.96. The number of esters is 1. The van der Waals surface area contributed by atoms with Gasteiger partial charge in [-0.2, -0.15) is 0 Å². The van der Waals surface area contributed by atoms with E-state index in [9.17, 15) is 14.4 Å². The Morgan fingerprint density at radius 3 is 2.79 bits per heavy atom. The number of benzene rings is 1. The Labute approximate surface area is 173 Å². The molecule has 0 bridgehead atoms. The SMILES string of the molecule is CC1CCCCC12NC(=O)N(CC(=O)OCCOc1ccc(Cl)cc1Cl)C2=O. The molecule has 0 radical (unpaired) electrons. The van der Waals surface area contributed by atoms with Crippen LogP contribution < -0.4 is 10.1 Å². The summed E-state index contributed by atoms with van der Waals surface area (Å²) in [6.07, 6.45) is 3.37. The van der Waals surface area contributed by atoms with Gasteiger partial charge in [0.25, 0.3) is 5.91 Å². The second kappa shape index (κ2) is 8.57. The van der Waals surface area contributed by atoms with Crippen molar-refractivity contribution in [2.24, 2.45) is 5.92 Å². The van der Waals surface area contributed by atoms with Crippen LogP contribution in [0.3, 0.4) is 0 Å². The molecule has 7 nitrogen and oxygen atoms in total. The molecule has 0 aromatic heterocycles. The fraction of sp³-hybridized carbons (Fsp3) is 0.526. The number of ether oxygens (including phenoxy) is 2. The van der Waals surface area contributed by atoms with Gasteiger partial charge in [0.1, 0.15) is 31.0 Å². The highest BCUT2D eigenvalue weighted by Crippen LogP contribution is 2.38. The zero-order chi connectivity index (χ0) is 20.3. The molecule has 2 fully saturated rings. The maximum atomic E-state index is 12.8. The number of rotatable bonds is 6. The Morgan fingerprint density at radius 2 is 2.07 bits per heavy atom. The normalized spacial score (nSPS) is 24.4. The van der Waals surface area contributed by atoms with Crippen LogP contribution in [0.1, 0.15) is 32.6 Å². The highest BCUT2D eigenvalue weighted by Gasteiger charge is 2.55. The summed E-state index contributed by atoms with van der Waals surface area (Å²) in [5.41, 5.74) is -0.885. The molecule has 1 N–H and O–H groups in total. The molecule has 1 aromatic carbocycles. The van der Waals surface area contributed by atoms with Crippen LogP contribution in [0, 0.1) is 5.92 Å². The van der Waals surface area contributed by atoms with E-state index in [1.54, 1.807) is 18.2 Å². The van der Waals surface area contributed by atoms with Gasteiger partial charge < -0.3 is 14.8 Å². The molecular weight excluding hydrogens is 407 g/mol. The molecule has 28 heavy (non-hydrogen) atoms. The maximum Gasteiger partial charge on any atom is 0.326 e. The minimum atomic E-state index is -0.885. The minimum Gasteiger partial charge on any atom is -0.488 e. The number of imide groups is 1.